The number of hydrogen-bond acceptors (Lipinski definition) is 5. The summed E-state index contributed by atoms with van der Waals surface area (Å²) in [5, 5.41) is 3.62. The third-order valence-corrected chi connectivity index (χ3v) is 3.95. The number of esters is 1. The van der Waals surface area contributed by atoms with Crippen LogP contribution < -0.4 is 5.32 Å². The van der Waals surface area contributed by atoms with Crippen molar-refractivity contribution in [3.8, 4) is 0 Å². The molecule has 140 valence electrons. The summed E-state index contributed by atoms with van der Waals surface area (Å²) in [6, 6.07) is 8.47. The van der Waals surface area contributed by atoms with Crippen molar-refractivity contribution < 1.29 is 14.3 Å². The van der Waals surface area contributed by atoms with Crippen LogP contribution in [0, 0.1) is 5.92 Å². The number of imidazole rings is 1. The maximum atomic E-state index is 12.7. The smallest absolute Gasteiger partial charge is 0.330 e. The second kappa shape index (κ2) is 8.44. The van der Waals surface area contributed by atoms with Gasteiger partial charge < -0.3 is 14.6 Å². The van der Waals surface area contributed by atoms with Gasteiger partial charge >= 0.3 is 5.97 Å². The van der Waals surface area contributed by atoms with Gasteiger partial charge in [0.15, 0.2) is 0 Å². The number of aromatic nitrogens is 3. The van der Waals surface area contributed by atoms with Crippen LogP contribution in [0.15, 0.2) is 55.2 Å². The van der Waals surface area contributed by atoms with Crippen LogP contribution in [-0.4, -0.2) is 39.1 Å². The number of nitrogens with zero attached hydrogens (tertiary/aromatic N) is 3. The molecular formula is C20H22N4O3. The van der Waals surface area contributed by atoms with Gasteiger partial charge in [0.1, 0.15) is 6.04 Å². The van der Waals surface area contributed by atoms with Crippen molar-refractivity contribution in [2.75, 3.05) is 6.61 Å². The summed E-state index contributed by atoms with van der Waals surface area (Å²) in [5.74, 6) is -0.636. The lowest BCUT2D eigenvalue weighted by Crippen LogP contribution is -2.44. The molecular weight excluding hydrogens is 344 g/mol. The Labute approximate surface area is 157 Å². The van der Waals surface area contributed by atoms with Crippen molar-refractivity contribution in [3.63, 3.8) is 0 Å². The third-order valence-electron chi connectivity index (χ3n) is 3.95. The number of fused-ring (bicyclic) bond motifs is 1. The fourth-order valence-corrected chi connectivity index (χ4v) is 2.57. The summed E-state index contributed by atoms with van der Waals surface area (Å²) in [5.41, 5.74) is 1.20. The molecule has 1 atom stereocenters. The Bertz CT molecular complexity index is 922. The molecule has 0 aliphatic heterocycles. The third kappa shape index (κ3) is 4.91. The standard InChI is InChI=1S/C20H22N4O3/c1-14(2)12-27-20(26)18(11-24-8-7-21-13-24)23-19(25)16-9-15-5-3-4-6-17(15)22-10-16/h3-10,13-14,18H,11-12H2,1-2H3,(H,23,25)/t18-/m0/s1. The number of benzene rings is 1. The van der Waals surface area contributed by atoms with E-state index in [4.69, 9.17) is 4.74 Å². The van der Waals surface area contributed by atoms with E-state index < -0.39 is 12.0 Å². The van der Waals surface area contributed by atoms with Gasteiger partial charge in [0.25, 0.3) is 5.91 Å². The minimum absolute atomic E-state index is 0.211. The van der Waals surface area contributed by atoms with Gasteiger partial charge in [0.05, 0.1) is 30.6 Å². The van der Waals surface area contributed by atoms with Crippen LogP contribution in [0.4, 0.5) is 0 Å². The van der Waals surface area contributed by atoms with Gasteiger partial charge in [-0.15, -0.1) is 0 Å². The normalized spacial score (nSPS) is 12.1. The molecule has 2 heterocycles. The number of rotatable bonds is 7. The van der Waals surface area contributed by atoms with E-state index >= 15 is 0 Å². The molecule has 0 spiro atoms. The maximum Gasteiger partial charge on any atom is 0.330 e. The molecule has 27 heavy (non-hydrogen) atoms. The highest BCUT2D eigenvalue weighted by molar-refractivity contribution is 5.99. The molecule has 0 aliphatic carbocycles. The van der Waals surface area contributed by atoms with E-state index in [0.717, 1.165) is 10.9 Å². The second-order valence-corrected chi connectivity index (χ2v) is 6.73. The van der Waals surface area contributed by atoms with E-state index in [1.807, 2.05) is 38.1 Å². The summed E-state index contributed by atoms with van der Waals surface area (Å²) in [6.45, 7) is 4.45. The maximum absolute atomic E-state index is 12.7. The first-order valence-electron chi connectivity index (χ1n) is 8.81. The van der Waals surface area contributed by atoms with E-state index in [-0.39, 0.29) is 18.4 Å². The van der Waals surface area contributed by atoms with E-state index in [2.05, 4.69) is 15.3 Å². The van der Waals surface area contributed by atoms with E-state index in [1.165, 1.54) is 6.20 Å². The van der Waals surface area contributed by atoms with E-state index in [1.54, 1.807) is 29.4 Å². The Morgan fingerprint density at radius 1 is 1.26 bits per heavy atom. The van der Waals surface area contributed by atoms with Crippen LogP contribution in [0.25, 0.3) is 10.9 Å². The molecule has 7 heteroatoms. The molecule has 0 saturated heterocycles. The van der Waals surface area contributed by atoms with Gasteiger partial charge in [-0.05, 0) is 18.1 Å². The van der Waals surface area contributed by atoms with Crippen LogP contribution in [0.2, 0.25) is 0 Å². The average Bonchev–Trinajstić information content (AvgIpc) is 3.18. The highest BCUT2D eigenvalue weighted by Gasteiger charge is 2.24. The molecule has 3 aromatic rings. The zero-order valence-electron chi connectivity index (χ0n) is 15.3. The lowest BCUT2D eigenvalue weighted by Gasteiger charge is -2.19. The van der Waals surface area contributed by atoms with Crippen molar-refractivity contribution in [1.29, 1.82) is 0 Å². The summed E-state index contributed by atoms with van der Waals surface area (Å²) in [6.07, 6.45) is 6.44. The number of para-hydroxylation sites is 1. The minimum Gasteiger partial charge on any atom is -0.464 e. The number of carbonyl (C=O) groups excluding carboxylic acids is 2. The Balaban J connectivity index is 1.76. The molecule has 0 fully saturated rings. The van der Waals surface area contributed by atoms with Crippen molar-refractivity contribution >= 4 is 22.8 Å². The van der Waals surface area contributed by atoms with E-state index in [9.17, 15) is 9.59 Å². The van der Waals surface area contributed by atoms with Crippen LogP contribution in [0.1, 0.15) is 24.2 Å². The number of ether oxygens (including phenoxy) is 1. The topological polar surface area (TPSA) is 86.1 Å². The number of pyridine rings is 1. The van der Waals surface area contributed by atoms with Crippen molar-refractivity contribution in [1.82, 2.24) is 19.9 Å². The van der Waals surface area contributed by atoms with Gasteiger partial charge in [-0.3, -0.25) is 9.78 Å². The fourth-order valence-electron chi connectivity index (χ4n) is 2.57. The Hall–Kier alpha value is -3.22. The Morgan fingerprint density at radius 2 is 2.07 bits per heavy atom. The highest BCUT2D eigenvalue weighted by Crippen LogP contribution is 2.13. The SMILES string of the molecule is CC(C)COC(=O)[C@H](Cn1ccnc1)NC(=O)c1cnc2ccccc2c1. The zero-order valence-corrected chi connectivity index (χ0v) is 15.3. The first-order valence-corrected chi connectivity index (χ1v) is 8.81. The van der Waals surface area contributed by atoms with Crippen molar-refractivity contribution in [2.45, 2.75) is 26.4 Å². The van der Waals surface area contributed by atoms with Gasteiger partial charge in [-0.1, -0.05) is 32.0 Å². The van der Waals surface area contributed by atoms with E-state index in [0.29, 0.717) is 12.2 Å². The lowest BCUT2D eigenvalue weighted by molar-refractivity contribution is -0.147. The fraction of sp³-hybridized carbons (Fsp3) is 0.300. The largest absolute Gasteiger partial charge is 0.464 e. The van der Waals surface area contributed by atoms with Crippen LogP contribution in [-0.2, 0) is 16.1 Å². The minimum atomic E-state index is -0.822. The van der Waals surface area contributed by atoms with Crippen LogP contribution >= 0.6 is 0 Å². The molecule has 0 radical (unpaired) electrons. The predicted molar refractivity (Wildman–Crippen MR) is 101 cm³/mol. The summed E-state index contributed by atoms with van der Waals surface area (Å²) in [4.78, 5) is 33.4. The second-order valence-electron chi connectivity index (χ2n) is 6.73. The van der Waals surface area contributed by atoms with Gasteiger partial charge in [0.2, 0.25) is 0 Å². The molecule has 1 aromatic carbocycles. The number of nitrogens with one attached hydrogen (secondary N) is 1. The lowest BCUT2D eigenvalue weighted by atomic mass is 10.1. The molecule has 0 saturated carbocycles. The molecule has 0 unspecified atom stereocenters. The Morgan fingerprint density at radius 3 is 2.81 bits per heavy atom. The Kier molecular flexibility index (Phi) is 5.80. The summed E-state index contributed by atoms with van der Waals surface area (Å²) in [7, 11) is 0. The summed E-state index contributed by atoms with van der Waals surface area (Å²) < 4.78 is 7.04. The first kappa shape index (κ1) is 18.6. The molecule has 1 N–H and O–H groups in total. The molecule has 7 nitrogen and oxygen atoms in total. The molecule has 3 rings (SSSR count). The highest BCUT2D eigenvalue weighted by atomic mass is 16.5. The number of amides is 1. The average molecular weight is 366 g/mol. The van der Waals surface area contributed by atoms with Crippen LogP contribution in [0.3, 0.4) is 0 Å². The first-order chi connectivity index (χ1) is 13.0. The predicted octanol–water partition coefficient (Wildman–Crippen LogP) is 2.43. The molecule has 1 amide bonds. The van der Waals surface area contributed by atoms with Crippen molar-refractivity contribution in [2.24, 2.45) is 5.92 Å². The van der Waals surface area contributed by atoms with Crippen LogP contribution in [0.5, 0.6) is 0 Å². The van der Waals surface area contributed by atoms with Gasteiger partial charge in [-0.2, -0.15) is 0 Å². The zero-order chi connectivity index (χ0) is 19.2. The molecule has 2 aromatic heterocycles. The monoisotopic (exact) mass is 366 g/mol. The number of carbonyl (C=O) groups is 2. The van der Waals surface area contributed by atoms with Gasteiger partial charge in [0, 0.05) is 24.0 Å². The molecule has 0 aliphatic rings. The molecule has 0 bridgehead atoms. The summed E-state index contributed by atoms with van der Waals surface area (Å²) >= 11 is 0. The van der Waals surface area contributed by atoms with Gasteiger partial charge in [-0.25, -0.2) is 9.78 Å². The number of hydrogen-bond donors (Lipinski definition) is 1. The quantitative estimate of drug-likeness (QED) is 0.649. The van der Waals surface area contributed by atoms with Crippen molar-refractivity contribution in [3.05, 3.63) is 60.8 Å².